The highest BCUT2D eigenvalue weighted by atomic mass is 35.5. The number of thioether (sulfide) groups is 1. The van der Waals surface area contributed by atoms with E-state index in [-0.39, 0.29) is 23.1 Å². The number of carbonyl (C=O) groups excluding carboxylic acids is 1. The van der Waals surface area contributed by atoms with Gasteiger partial charge in [-0.2, -0.15) is 0 Å². The predicted octanol–water partition coefficient (Wildman–Crippen LogP) is 3.99. The number of H-pyrrole nitrogens is 2. The molecule has 0 bridgehead atoms. The van der Waals surface area contributed by atoms with Gasteiger partial charge in [0.1, 0.15) is 0 Å². The van der Waals surface area contributed by atoms with Gasteiger partial charge in [-0.25, -0.2) is 9.78 Å². The fourth-order valence-corrected chi connectivity index (χ4v) is 4.44. The van der Waals surface area contributed by atoms with E-state index in [2.05, 4.69) is 20.3 Å². The maximum absolute atomic E-state index is 13.1. The second-order valence-corrected chi connectivity index (χ2v) is 9.70. The number of benzene rings is 2. The number of hydrogen-bond donors (Lipinski definition) is 3. The molecule has 0 saturated carbocycles. The minimum absolute atomic E-state index is 0.155. The minimum Gasteiger partial charge on any atom is -0.325 e. The van der Waals surface area contributed by atoms with Crippen molar-refractivity contribution in [2.45, 2.75) is 37.7 Å². The molecule has 0 radical (unpaired) electrons. The number of halogens is 1. The molecule has 4 aromatic rings. The molecule has 1 atom stereocenters. The number of nitrogens with zero attached hydrogens (tertiary/aromatic N) is 2. The second-order valence-electron chi connectivity index (χ2n) is 7.95. The molecule has 0 aliphatic carbocycles. The van der Waals surface area contributed by atoms with E-state index in [1.807, 2.05) is 13.8 Å². The van der Waals surface area contributed by atoms with Crippen molar-refractivity contribution in [2.75, 3.05) is 5.32 Å². The summed E-state index contributed by atoms with van der Waals surface area (Å²) in [6.45, 7) is 6.28. The summed E-state index contributed by atoms with van der Waals surface area (Å²) in [4.78, 5) is 47.4. The molecule has 0 aliphatic rings. The number of aromatic nitrogens is 4. The number of fused-ring (bicyclic) bond motifs is 2. The van der Waals surface area contributed by atoms with Crippen LogP contribution in [0.25, 0.3) is 21.9 Å². The van der Waals surface area contributed by atoms with Gasteiger partial charge in [0.25, 0.3) is 5.56 Å². The van der Waals surface area contributed by atoms with Crippen LogP contribution in [0.2, 0.25) is 5.02 Å². The van der Waals surface area contributed by atoms with Crippen molar-refractivity contribution >= 4 is 56.9 Å². The third-order valence-corrected chi connectivity index (χ3v) is 6.19. The molecular formula is C22H22ClN5O3S. The summed E-state index contributed by atoms with van der Waals surface area (Å²) in [6, 6.07) is 10.1. The average molecular weight is 472 g/mol. The maximum Gasteiger partial charge on any atom is 0.323 e. The van der Waals surface area contributed by atoms with Crippen LogP contribution in [0.5, 0.6) is 0 Å². The van der Waals surface area contributed by atoms with Crippen LogP contribution >= 0.6 is 23.4 Å². The van der Waals surface area contributed by atoms with Gasteiger partial charge in [0.15, 0.2) is 5.16 Å². The Labute approximate surface area is 192 Å². The van der Waals surface area contributed by atoms with E-state index in [4.69, 9.17) is 11.6 Å². The van der Waals surface area contributed by atoms with E-state index in [1.54, 1.807) is 47.9 Å². The van der Waals surface area contributed by atoms with Gasteiger partial charge in [-0.3, -0.25) is 14.2 Å². The first-order valence-electron chi connectivity index (χ1n) is 10.1. The Balaban J connectivity index is 1.62. The molecule has 0 aliphatic heterocycles. The van der Waals surface area contributed by atoms with Crippen LogP contribution in [-0.4, -0.2) is 30.7 Å². The van der Waals surface area contributed by atoms with Crippen LogP contribution in [-0.2, 0) is 11.3 Å². The Hall–Kier alpha value is -3.04. The third-order valence-electron chi connectivity index (χ3n) is 4.86. The predicted molar refractivity (Wildman–Crippen MR) is 129 cm³/mol. The lowest BCUT2D eigenvalue weighted by atomic mass is 10.2. The molecule has 32 heavy (non-hydrogen) atoms. The first-order chi connectivity index (χ1) is 15.2. The van der Waals surface area contributed by atoms with E-state index in [1.165, 1.54) is 11.8 Å². The first-order valence-corrected chi connectivity index (χ1v) is 11.4. The molecule has 8 nitrogen and oxygen atoms in total. The monoisotopic (exact) mass is 471 g/mol. The van der Waals surface area contributed by atoms with Gasteiger partial charge >= 0.3 is 5.69 Å². The van der Waals surface area contributed by atoms with Gasteiger partial charge in [-0.15, -0.1) is 0 Å². The molecule has 3 N–H and O–H groups in total. The first kappa shape index (κ1) is 22.2. The fraction of sp³-hybridized carbons (Fsp3) is 0.273. The molecule has 2 aromatic heterocycles. The number of carbonyl (C=O) groups is 1. The summed E-state index contributed by atoms with van der Waals surface area (Å²) in [5, 5.41) is 3.77. The lowest BCUT2D eigenvalue weighted by molar-refractivity contribution is -0.115. The largest absolute Gasteiger partial charge is 0.325 e. The summed E-state index contributed by atoms with van der Waals surface area (Å²) >= 11 is 7.31. The lowest BCUT2D eigenvalue weighted by Crippen LogP contribution is -2.28. The molecule has 2 aromatic carbocycles. The Morgan fingerprint density at radius 3 is 2.62 bits per heavy atom. The zero-order valence-corrected chi connectivity index (χ0v) is 19.3. The van der Waals surface area contributed by atoms with Crippen molar-refractivity contribution < 1.29 is 4.79 Å². The summed E-state index contributed by atoms with van der Waals surface area (Å²) in [6.07, 6.45) is 0. The van der Waals surface area contributed by atoms with Crippen LogP contribution in [0.3, 0.4) is 0 Å². The van der Waals surface area contributed by atoms with E-state index in [0.717, 1.165) is 0 Å². The highest BCUT2D eigenvalue weighted by Crippen LogP contribution is 2.26. The van der Waals surface area contributed by atoms with Crippen LogP contribution in [0.1, 0.15) is 20.8 Å². The van der Waals surface area contributed by atoms with Crippen molar-refractivity contribution in [2.24, 2.45) is 5.92 Å². The quantitative estimate of drug-likeness (QED) is 0.290. The average Bonchev–Trinajstić information content (AvgIpc) is 3.09. The topological polar surface area (TPSA) is 113 Å². The molecular weight excluding hydrogens is 450 g/mol. The summed E-state index contributed by atoms with van der Waals surface area (Å²) < 4.78 is 1.62. The number of rotatable bonds is 6. The Bertz CT molecular complexity index is 1440. The zero-order chi connectivity index (χ0) is 23.0. The lowest BCUT2D eigenvalue weighted by Gasteiger charge is -2.17. The Kier molecular flexibility index (Phi) is 6.12. The smallest absolute Gasteiger partial charge is 0.323 e. The molecule has 166 valence electrons. The zero-order valence-electron chi connectivity index (χ0n) is 17.7. The number of amides is 1. The number of aromatic amines is 2. The number of hydrogen-bond acceptors (Lipinski definition) is 5. The van der Waals surface area contributed by atoms with Crippen molar-refractivity contribution in [3.8, 4) is 0 Å². The third kappa shape index (κ3) is 4.58. The highest BCUT2D eigenvalue weighted by molar-refractivity contribution is 8.00. The van der Waals surface area contributed by atoms with E-state index >= 15 is 0 Å². The minimum atomic E-state index is -0.530. The summed E-state index contributed by atoms with van der Waals surface area (Å²) in [5.74, 6) is -0.0262. The van der Waals surface area contributed by atoms with Crippen LogP contribution < -0.4 is 16.6 Å². The van der Waals surface area contributed by atoms with Crippen molar-refractivity contribution in [1.29, 1.82) is 0 Å². The number of nitrogens with one attached hydrogen (secondary N) is 3. The molecule has 0 saturated heterocycles. The SMILES string of the molecule is CC(C)Cn1c(SC(C)C(=O)Nc2ccc3[nH]c(=O)[nH]c3c2)nc2cc(Cl)ccc2c1=O. The summed E-state index contributed by atoms with van der Waals surface area (Å²) in [7, 11) is 0. The van der Waals surface area contributed by atoms with E-state index in [9.17, 15) is 14.4 Å². The van der Waals surface area contributed by atoms with Crippen molar-refractivity contribution in [3.63, 3.8) is 0 Å². The van der Waals surface area contributed by atoms with Gasteiger partial charge in [0.2, 0.25) is 5.91 Å². The molecule has 10 heteroatoms. The number of anilines is 1. The standard InChI is InChI=1S/C22H22ClN5O3S/c1-11(2)10-28-20(30)15-6-4-13(23)8-17(15)27-22(28)32-12(3)19(29)24-14-5-7-16-18(9-14)26-21(31)25-16/h4-9,11-12H,10H2,1-3H3,(H,24,29)(H2,25,26,31). The van der Waals surface area contributed by atoms with Gasteiger partial charge < -0.3 is 15.3 Å². The molecule has 1 unspecified atom stereocenters. The highest BCUT2D eigenvalue weighted by Gasteiger charge is 2.20. The Morgan fingerprint density at radius 1 is 1.12 bits per heavy atom. The normalized spacial score (nSPS) is 12.5. The molecule has 2 heterocycles. The molecule has 0 fully saturated rings. The van der Waals surface area contributed by atoms with Gasteiger partial charge in [-0.1, -0.05) is 37.2 Å². The maximum atomic E-state index is 13.1. The summed E-state index contributed by atoms with van der Waals surface area (Å²) in [5.41, 5.74) is 1.86. The van der Waals surface area contributed by atoms with Gasteiger partial charge in [-0.05, 0) is 49.2 Å². The van der Waals surface area contributed by atoms with Crippen LogP contribution in [0, 0.1) is 5.92 Å². The van der Waals surface area contributed by atoms with E-state index in [0.29, 0.717) is 44.3 Å². The number of imidazole rings is 1. The van der Waals surface area contributed by atoms with Gasteiger partial charge in [0, 0.05) is 17.3 Å². The van der Waals surface area contributed by atoms with Crippen molar-refractivity contribution in [3.05, 3.63) is 62.3 Å². The molecule has 4 rings (SSSR count). The fourth-order valence-electron chi connectivity index (χ4n) is 3.36. The van der Waals surface area contributed by atoms with E-state index < -0.39 is 5.25 Å². The van der Waals surface area contributed by atoms with Gasteiger partial charge in [0.05, 0.1) is 27.2 Å². The second kappa shape index (κ2) is 8.84. The van der Waals surface area contributed by atoms with Crippen LogP contribution in [0.4, 0.5) is 5.69 Å². The van der Waals surface area contributed by atoms with Crippen molar-refractivity contribution in [1.82, 2.24) is 19.5 Å². The van der Waals surface area contributed by atoms with Crippen LogP contribution in [0.15, 0.2) is 51.1 Å². The Morgan fingerprint density at radius 2 is 1.88 bits per heavy atom. The molecule has 0 spiro atoms. The molecule has 1 amide bonds.